The summed E-state index contributed by atoms with van der Waals surface area (Å²) in [7, 11) is 2.01. The topological polar surface area (TPSA) is 32.3 Å². The normalized spacial score (nSPS) is 17.1. The van der Waals surface area contributed by atoms with Gasteiger partial charge in [-0.1, -0.05) is 12.1 Å². The molecule has 0 N–H and O–H groups in total. The Kier molecular flexibility index (Phi) is 3.11. The van der Waals surface area contributed by atoms with Crippen molar-refractivity contribution in [3.8, 4) is 0 Å². The summed E-state index contributed by atoms with van der Waals surface area (Å²) in [6.07, 6.45) is 9.63. The van der Waals surface area contributed by atoms with Crippen LogP contribution in [0, 0.1) is 5.92 Å². The van der Waals surface area contributed by atoms with E-state index in [0.29, 0.717) is 0 Å². The summed E-state index contributed by atoms with van der Waals surface area (Å²) >= 11 is 0. The van der Waals surface area contributed by atoms with Crippen LogP contribution < -0.4 is 9.62 Å². The van der Waals surface area contributed by atoms with Gasteiger partial charge in [-0.05, 0) is 49.4 Å². The van der Waals surface area contributed by atoms with Crippen LogP contribution in [-0.4, -0.2) is 17.5 Å². The lowest BCUT2D eigenvalue weighted by molar-refractivity contribution is 0.804. The van der Waals surface area contributed by atoms with Crippen molar-refractivity contribution >= 4 is 19.2 Å². The Hall–Kier alpha value is -2.30. The molecule has 3 heterocycles. The Morgan fingerprint density at radius 1 is 1.00 bits per heavy atom. The van der Waals surface area contributed by atoms with Crippen molar-refractivity contribution in [3.05, 3.63) is 60.7 Å². The molecule has 0 spiro atoms. The molecule has 4 rings (SSSR count). The highest BCUT2D eigenvalue weighted by Crippen LogP contribution is 2.32. The zero-order valence-electron chi connectivity index (χ0n) is 11.8. The molecule has 1 aliphatic carbocycles. The van der Waals surface area contributed by atoms with Gasteiger partial charge in [0, 0.05) is 24.3 Å². The Morgan fingerprint density at radius 3 is 2.57 bits per heavy atom. The fourth-order valence-corrected chi connectivity index (χ4v) is 2.47. The number of hydrogen-bond donors (Lipinski definition) is 0. The van der Waals surface area contributed by atoms with Crippen molar-refractivity contribution in [1.82, 2.24) is 9.97 Å². The predicted octanol–water partition coefficient (Wildman–Crippen LogP) is 2.76. The molecular formula is C16H16BN4. The first kappa shape index (κ1) is 12.4. The third-order valence-corrected chi connectivity index (χ3v) is 3.80. The number of nitrogens with zero attached hydrogens (tertiary/aromatic N) is 4. The minimum absolute atomic E-state index is 0.857. The first-order valence-electron chi connectivity index (χ1n) is 7.35. The van der Waals surface area contributed by atoms with Crippen LogP contribution in [-0.2, 0) is 6.42 Å². The van der Waals surface area contributed by atoms with Crippen molar-refractivity contribution in [2.75, 3.05) is 9.62 Å². The van der Waals surface area contributed by atoms with Gasteiger partial charge in [-0.3, -0.25) is 0 Å². The SMILES string of the molecule is [B]1N(c2ccccn2)C=CN1c1cccc(CC2CC2)n1. The van der Waals surface area contributed by atoms with E-state index in [-0.39, 0.29) is 0 Å². The molecule has 0 atom stereocenters. The van der Waals surface area contributed by atoms with Crippen LogP contribution in [0.5, 0.6) is 0 Å². The van der Waals surface area contributed by atoms with Gasteiger partial charge < -0.3 is 9.62 Å². The van der Waals surface area contributed by atoms with Crippen LogP contribution in [0.25, 0.3) is 0 Å². The third-order valence-electron chi connectivity index (χ3n) is 3.80. The summed E-state index contributed by atoms with van der Waals surface area (Å²) < 4.78 is 0. The number of pyridine rings is 2. The van der Waals surface area contributed by atoms with E-state index in [9.17, 15) is 0 Å². The number of anilines is 2. The fourth-order valence-electron chi connectivity index (χ4n) is 2.47. The van der Waals surface area contributed by atoms with E-state index in [1.807, 2.05) is 53.8 Å². The Morgan fingerprint density at radius 2 is 1.81 bits per heavy atom. The van der Waals surface area contributed by atoms with Crippen molar-refractivity contribution in [2.45, 2.75) is 19.3 Å². The van der Waals surface area contributed by atoms with Gasteiger partial charge in [0.05, 0.1) is 0 Å². The summed E-state index contributed by atoms with van der Waals surface area (Å²) in [4.78, 5) is 13.1. The maximum absolute atomic E-state index is 4.76. The van der Waals surface area contributed by atoms with E-state index < -0.39 is 0 Å². The van der Waals surface area contributed by atoms with Gasteiger partial charge in [-0.25, -0.2) is 9.97 Å². The summed E-state index contributed by atoms with van der Waals surface area (Å²) in [6, 6.07) is 12.1. The molecule has 21 heavy (non-hydrogen) atoms. The first-order chi connectivity index (χ1) is 10.4. The summed E-state index contributed by atoms with van der Waals surface area (Å²) in [6.45, 7) is 0. The van der Waals surface area contributed by atoms with Crippen molar-refractivity contribution in [1.29, 1.82) is 0 Å². The standard InChI is InChI=1S/C16H16BN4/c1-2-9-18-15(5-1)20-10-11-21(17-20)16-6-3-4-14(19-16)12-13-7-8-13/h1-6,9-11,13H,7-8,12H2. The highest BCUT2D eigenvalue weighted by molar-refractivity contribution is 6.49. The highest BCUT2D eigenvalue weighted by Gasteiger charge is 2.23. The summed E-state index contributed by atoms with van der Waals surface area (Å²) in [5, 5.41) is 0. The molecule has 0 unspecified atom stereocenters. The monoisotopic (exact) mass is 275 g/mol. The maximum atomic E-state index is 4.76. The molecule has 0 saturated heterocycles. The second-order valence-electron chi connectivity index (χ2n) is 5.55. The molecule has 5 heteroatoms. The fraction of sp³-hybridized carbons (Fsp3) is 0.250. The smallest absolute Gasteiger partial charge is 0.358 e. The van der Waals surface area contributed by atoms with Crippen LogP contribution in [0.1, 0.15) is 18.5 Å². The van der Waals surface area contributed by atoms with E-state index in [1.165, 1.54) is 18.5 Å². The molecule has 0 aromatic carbocycles. The second kappa shape index (κ2) is 5.24. The molecule has 2 aliphatic rings. The quantitative estimate of drug-likeness (QED) is 0.803. The minimum atomic E-state index is 0.857. The lowest BCUT2D eigenvalue weighted by Crippen LogP contribution is -2.30. The Labute approximate surface area is 125 Å². The van der Waals surface area contributed by atoms with Gasteiger partial charge >= 0.3 is 7.55 Å². The second-order valence-corrected chi connectivity index (χ2v) is 5.55. The Balaban J connectivity index is 1.49. The van der Waals surface area contributed by atoms with E-state index in [1.54, 1.807) is 6.20 Å². The van der Waals surface area contributed by atoms with Crippen LogP contribution in [0.2, 0.25) is 0 Å². The molecular weight excluding hydrogens is 259 g/mol. The summed E-state index contributed by atoms with van der Waals surface area (Å²) in [5.74, 6) is 2.73. The number of hydrogen-bond acceptors (Lipinski definition) is 4. The Bertz CT molecular complexity index is 654. The van der Waals surface area contributed by atoms with Crippen LogP contribution in [0.4, 0.5) is 11.6 Å². The maximum Gasteiger partial charge on any atom is 0.402 e. The molecule has 0 bridgehead atoms. The van der Waals surface area contributed by atoms with Crippen LogP contribution in [0.15, 0.2) is 55.0 Å². The van der Waals surface area contributed by atoms with Gasteiger partial charge in [0.2, 0.25) is 0 Å². The molecule has 103 valence electrons. The van der Waals surface area contributed by atoms with Crippen LogP contribution in [0.3, 0.4) is 0 Å². The van der Waals surface area contributed by atoms with E-state index in [4.69, 9.17) is 4.98 Å². The molecule has 0 amide bonds. The lowest BCUT2D eigenvalue weighted by atomic mass is 10.1. The molecule has 1 saturated carbocycles. The highest BCUT2D eigenvalue weighted by atomic mass is 15.3. The molecule has 4 nitrogen and oxygen atoms in total. The molecule has 2 aromatic rings. The van der Waals surface area contributed by atoms with E-state index >= 15 is 0 Å². The molecule has 1 aliphatic heterocycles. The number of rotatable bonds is 4. The van der Waals surface area contributed by atoms with Crippen molar-refractivity contribution in [3.63, 3.8) is 0 Å². The van der Waals surface area contributed by atoms with Gasteiger partial charge in [-0.15, -0.1) is 0 Å². The van der Waals surface area contributed by atoms with Crippen molar-refractivity contribution < 1.29 is 0 Å². The minimum Gasteiger partial charge on any atom is -0.358 e. The zero-order valence-corrected chi connectivity index (χ0v) is 11.8. The average Bonchev–Trinajstić information content (AvgIpc) is 3.20. The van der Waals surface area contributed by atoms with Crippen molar-refractivity contribution in [2.24, 2.45) is 5.92 Å². The van der Waals surface area contributed by atoms with Gasteiger partial charge in [0.15, 0.2) is 0 Å². The average molecular weight is 275 g/mol. The largest absolute Gasteiger partial charge is 0.402 e. The van der Waals surface area contributed by atoms with Gasteiger partial charge in [0.1, 0.15) is 11.6 Å². The third kappa shape index (κ3) is 2.77. The first-order valence-corrected chi connectivity index (χ1v) is 7.35. The predicted molar refractivity (Wildman–Crippen MR) is 84.8 cm³/mol. The lowest BCUT2D eigenvalue weighted by Gasteiger charge is -2.18. The van der Waals surface area contributed by atoms with E-state index in [0.717, 1.165) is 24.0 Å². The van der Waals surface area contributed by atoms with Crippen LogP contribution >= 0.6 is 0 Å². The summed E-state index contributed by atoms with van der Waals surface area (Å²) in [5.41, 5.74) is 1.19. The zero-order chi connectivity index (χ0) is 14.1. The van der Waals surface area contributed by atoms with Gasteiger partial charge in [-0.2, -0.15) is 0 Å². The van der Waals surface area contributed by atoms with Gasteiger partial charge in [0.25, 0.3) is 0 Å². The molecule has 2 aromatic heterocycles. The molecule has 1 fully saturated rings. The van der Waals surface area contributed by atoms with E-state index in [2.05, 4.69) is 17.1 Å². The number of aromatic nitrogens is 2. The molecule has 1 radical (unpaired) electrons.